The second-order valence-electron chi connectivity index (χ2n) is 9.70. The summed E-state index contributed by atoms with van der Waals surface area (Å²) in [7, 11) is 0. The lowest BCUT2D eigenvalue weighted by Crippen LogP contribution is -2.36. The Hall–Kier alpha value is -3.46. The third kappa shape index (κ3) is 6.76. The Kier molecular flexibility index (Phi) is 8.76. The van der Waals surface area contributed by atoms with Crippen molar-refractivity contribution in [3.8, 4) is 17.3 Å². The van der Waals surface area contributed by atoms with Crippen molar-refractivity contribution in [3.05, 3.63) is 93.9 Å². The number of likely N-dealkylation sites (tertiary alicyclic amines) is 1. The van der Waals surface area contributed by atoms with Gasteiger partial charge in [0, 0.05) is 25.2 Å². The van der Waals surface area contributed by atoms with Crippen LogP contribution in [-0.2, 0) is 6.54 Å². The lowest BCUT2D eigenvalue weighted by atomic mass is 9.82. The highest BCUT2D eigenvalue weighted by Crippen LogP contribution is 2.36. The lowest BCUT2D eigenvalue weighted by molar-refractivity contribution is 0.0945. The Bertz CT molecular complexity index is 1410. The molecule has 4 aromatic rings. The predicted octanol–water partition coefficient (Wildman–Crippen LogP) is 5.96. The molecule has 3 heterocycles. The highest BCUT2D eigenvalue weighted by atomic mass is 35.5. The van der Waals surface area contributed by atoms with Gasteiger partial charge in [-0.3, -0.25) is 14.7 Å². The average Bonchev–Trinajstić information content (AvgIpc) is 3.44. The van der Waals surface area contributed by atoms with Gasteiger partial charge >= 0.3 is 0 Å². The zero-order valence-electron chi connectivity index (χ0n) is 21.3. The van der Waals surface area contributed by atoms with Crippen molar-refractivity contribution >= 4 is 29.1 Å². The largest absolute Gasteiger partial charge is 0.507 e. The Labute approximate surface area is 237 Å². The molecule has 202 valence electrons. The van der Waals surface area contributed by atoms with Crippen LogP contribution in [0.4, 0.5) is 0 Å². The first kappa shape index (κ1) is 27.1. The van der Waals surface area contributed by atoms with Gasteiger partial charge in [-0.1, -0.05) is 52.6 Å². The summed E-state index contributed by atoms with van der Waals surface area (Å²) in [4.78, 5) is 24.1. The summed E-state index contributed by atoms with van der Waals surface area (Å²) in [6, 6.07) is 17.8. The summed E-state index contributed by atoms with van der Waals surface area (Å²) in [5, 5.41) is 18.3. The monoisotopic (exact) mass is 565 g/mol. The maximum atomic E-state index is 12.7. The van der Waals surface area contributed by atoms with E-state index in [0.717, 1.165) is 38.0 Å². The smallest absolute Gasteiger partial charge is 0.255 e. The zero-order chi connectivity index (χ0) is 27.2. The molecule has 2 aromatic heterocycles. The van der Waals surface area contributed by atoms with Crippen molar-refractivity contribution in [2.24, 2.45) is 5.92 Å². The number of aromatic hydroxyl groups is 1. The standard InChI is InChI=1S/C29H29Cl2N5O3/c30-23-9-8-19(17-24(23)31)18-36-15-11-20(12-16-36)21(10-14-33-28(38)22-5-1-2-7-26(22)37)29-34-27(35-39-29)25-6-3-4-13-32-25/h1-9,13,17,20-21,37H,10-12,14-16,18H2,(H,33,38). The minimum Gasteiger partial charge on any atom is -0.507 e. The van der Waals surface area contributed by atoms with E-state index in [4.69, 9.17) is 32.7 Å². The van der Waals surface area contributed by atoms with Gasteiger partial charge in [-0.25, -0.2) is 0 Å². The van der Waals surface area contributed by atoms with Crippen molar-refractivity contribution in [3.63, 3.8) is 0 Å². The Morgan fingerprint density at radius 1 is 1.08 bits per heavy atom. The predicted molar refractivity (Wildman–Crippen MR) is 150 cm³/mol. The van der Waals surface area contributed by atoms with E-state index in [-0.39, 0.29) is 23.1 Å². The molecule has 0 aliphatic carbocycles. The van der Waals surface area contributed by atoms with Crippen LogP contribution < -0.4 is 5.32 Å². The summed E-state index contributed by atoms with van der Waals surface area (Å²) < 4.78 is 5.75. The van der Waals surface area contributed by atoms with Crippen LogP contribution in [0.5, 0.6) is 5.75 Å². The molecule has 1 saturated heterocycles. The number of piperidine rings is 1. The van der Waals surface area contributed by atoms with Crippen LogP contribution in [0.25, 0.3) is 11.5 Å². The van der Waals surface area contributed by atoms with Crippen LogP contribution in [0, 0.1) is 5.92 Å². The van der Waals surface area contributed by atoms with Gasteiger partial charge in [0.1, 0.15) is 11.4 Å². The van der Waals surface area contributed by atoms with Crippen molar-refractivity contribution in [1.82, 2.24) is 25.3 Å². The fourth-order valence-corrected chi connectivity index (χ4v) is 5.38. The Morgan fingerprint density at radius 2 is 1.87 bits per heavy atom. The summed E-state index contributed by atoms with van der Waals surface area (Å²) in [5.41, 5.74) is 2.03. The number of hydrogen-bond acceptors (Lipinski definition) is 7. The molecule has 0 spiro atoms. The number of halogens is 2. The molecule has 8 nitrogen and oxygen atoms in total. The molecule has 2 N–H and O–H groups in total. The molecule has 0 radical (unpaired) electrons. The van der Waals surface area contributed by atoms with Gasteiger partial charge in [0.2, 0.25) is 11.7 Å². The van der Waals surface area contributed by atoms with Crippen LogP contribution in [-0.4, -0.2) is 50.7 Å². The number of carbonyl (C=O) groups excluding carboxylic acids is 1. The van der Waals surface area contributed by atoms with E-state index >= 15 is 0 Å². The molecular weight excluding hydrogens is 537 g/mol. The summed E-state index contributed by atoms with van der Waals surface area (Å²) in [6.45, 7) is 3.03. The van der Waals surface area contributed by atoms with E-state index in [9.17, 15) is 9.90 Å². The molecule has 1 atom stereocenters. The fraction of sp³-hybridized carbons (Fsp3) is 0.310. The van der Waals surface area contributed by atoms with Gasteiger partial charge in [-0.05, 0) is 80.2 Å². The molecular formula is C29H29Cl2N5O3. The van der Waals surface area contributed by atoms with E-state index in [1.807, 2.05) is 36.4 Å². The van der Waals surface area contributed by atoms with E-state index < -0.39 is 0 Å². The molecule has 0 saturated carbocycles. The molecule has 5 rings (SSSR count). The van der Waals surface area contributed by atoms with Crippen LogP contribution in [0.1, 0.15) is 47.0 Å². The van der Waals surface area contributed by atoms with Crippen LogP contribution in [0.15, 0.2) is 71.4 Å². The number of rotatable bonds is 9. The second kappa shape index (κ2) is 12.6. The molecule has 1 unspecified atom stereocenters. The van der Waals surface area contributed by atoms with Crippen molar-refractivity contribution < 1.29 is 14.4 Å². The quantitative estimate of drug-likeness (QED) is 0.258. The minimum atomic E-state index is -0.317. The zero-order valence-corrected chi connectivity index (χ0v) is 22.8. The normalized spacial score (nSPS) is 15.2. The molecule has 1 amide bonds. The molecule has 1 fully saturated rings. The van der Waals surface area contributed by atoms with Gasteiger partial charge in [0.05, 0.1) is 15.6 Å². The van der Waals surface area contributed by atoms with Crippen molar-refractivity contribution in [1.29, 1.82) is 0 Å². The van der Waals surface area contributed by atoms with Gasteiger partial charge in [0.15, 0.2) is 0 Å². The topological polar surface area (TPSA) is 104 Å². The number of nitrogens with one attached hydrogen (secondary N) is 1. The maximum Gasteiger partial charge on any atom is 0.255 e. The fourth-order valence-electron chi connectivity index (χ4n) is 5.06. The second-order valence-corrected chi connectivity index (χ2v) is 10.5. The Balaban J connectivity index is 1.26. The van der Waals surface area contributed by atoms with Gasteiger partial charge in [-0.2, -0.15) is 4.98 Å². The van der Waals surface area contributed by atoms with E-state index in [2.05, 4.69) is 20.4 Å². The van der Waals surface area contributed by atoms with Gasteiger partial charge in [0.25, 0.3) is 5.91 Å². The third-order valence-corrected chi connectivity index (χ3v) is 7.87. The van der Waals surface area contributed by atoms with Crippen LogP contribution in [0.3, 0.4) is 0 Å². The van der Waals surface area contributed by atoms with E-state index in [1.165, 1.54) is 6.07 Å². The lowest BCUT2D eigenvalue weighted by Gasteiger charge is -2.35. The number of amides is 1. The number of hydrogen-bond donors (Lipinski definition) is 2. The molecule has 0 bridgehead atoms. The first-order valence-electron chi connectivity index (χ1n) is 13.0. The molecule has 2 aromatic carbocycles. The first-order valence-corrected chi connectivity index (χ1v) is 13.7. The van der Waals surface area contributed by atoms with Crippen LogP contribution in [0.2, 0.25) is 10.0 Å². The Morgan fingerprint density at radius 3 is 2.62 bits per heavy atom. The minimum absolute atomic E-state index is 0.0354. The number of pyridine rings is 1. The van der Waals surface area contributed by atoms with Gasteiger partial charge in [-0.15, -0.1) is 0 Å². The number of aromatic nitrogens is 3. The maximum absolute atomic E-state index is 12.7. The molecule has 1 aliphatic heterocycles. The van der Waals surface area contributed by atoms with E-state index in [0.29, 0.717) is 46.3 Å². The number of phenols is 1. The highest BCUT2D eigenvalue weighted by molar-refractivity contribution is 6.42. The summed E-state index contributed by atoms with van der Waals surface area (Å²) in [5.74, 6) is 0.906. The molecule has 39 heavy (non-hydrogen) atoms. The summed E-state index contributed by atoms with van der Waals surface area (Å²) >= 11 is 12.3. The van der Waals surface area contributed by atoms with Crippen LogP contribution >= 0.6 is 23.2 Å². The van der Waals surface area contributed by atoms with Crippen molar-refractivity contribution in [2.45, 2.75) is 31.7 Å². The summed E-state index contributed by atoms with van der Waals surface area (Å²) in [6.07, 6.45) is 4.21. The number of para-hydroxylation sites is 1. The molecule has 1 aliphatic rings. The van der Waals surface area contributed by atoms with Gasteiger partial charge < -0.3 is 14.9 Å². The average molecular weight is 566 g/mol. The number of phenolic OH excluding ortho intramolecular Hbond substituents is 1. The highest BCUT2D eigenvalue weighted by Gasteiger charge is 2.32. The SMILES string of the molecule is O=C(NCCC(c1nc(-c2ccccn2)no1)C1CCN(Cc2ccc(Cl)c(Cl)c2)CC1)c1ccccc1O. The molecule has 10 heteroatoms. The number of carbonyl (C=O) groups is 1. The van der Waals surface area contributed by atoms with Crippen molar-refractivity contribution in [2.75, 3.05) is 19.6 Å². The number of benzene rings is 2. The number of nitrogens with zero attached hydrogens (tertiary/aromatic N) is 4. The van der Waals surface area contributed by atoms with E-state index in [1.54, 1.807) is 24.4 Å². The third-order valence-electron chi connectivity index (χ3n) is 7.13. The first-order chi connectivity index (χ1) is 19.0.